The molecule has 0 saturated heterocycles. The molecular formula is C12H21ClN4. The van der Waals surface area contributed by atoms with E-state index < -0.39 is 0 Å². The Bertz CT molecular complexity index is 312. The SMILES string of the molecule is CC(NC1CCC(N)CC1)c1cnccn1.Cl. The van der Waals surface area contributed by atoms with Crippen molar-refractivity contribution in [2.75, 3.05) is 0 Å². The van der Waals surface area contributed by atoms with Crippen LogP contribution in [0.3, 0.4) is 0 Å². The van der Waals surface area contributed by atoms with E-state index in [9.17, 15) is 0 Å². The summed E-state index contributed by atoms with van der Waals surface area (Å²) >= 11 is 0. The van der Waals surface area contributed by atoms with Gasteiger partial charge in [0.25, 0.3) is 0 Å². The van der Waals surface area contributed by atoms with E-state index in [0.29, 0.717) is 12.1 Å². The minimum Gasteiger partial charge on any atom is -0.328 e. The maximum absolute atomic E-state index is 5.89. The fourth-order valence-corrected chi connectivity index (χ4v) is 2.26. The lowest BCUT2D eigenvalue weighted by atomic mass is 9.91. The molecule has 1 heterocycles. The van der Waals surface area contributed by atoms with Gasteiger partial charge in [0.2, 0.25) is 0 Å². The number of halogens is 1. The summed E-state index contributed by atoms with van der Waals surface area (Å²) in [6.07, 6.45) is 9.87. The van der Waals surface area contributed by atoms with Gasteiger partial charge in [-0.25, -0.2) is 0 Å². The van der Waals surface area contributed by atoms with Crippen LogP contribution < -0.4 is 11.1 Å². The molecule has 1 atom stereocenters. The molecule has 5 heteroatoms. The molecule has 2 rings (SSSR count). The van der Waals surface area contributed by atoms with Gasteiger partial charge in [-0.2, -0.15) is 0 Å². The molecule has 3 N–H and O–H groups in total. The highest BCUT2D eigenvalue weighted by Crippen LogP contribution is 2.19. The van der Waals surface area contributed by atoms with Crippen LogP contribution in [0, 0.1) is 0 Å². The molecule has 1 unspecified atom stereocenters. The van der Waals surface area contributed by atoms with Crippen LogP contribution in [0.4, 0.5) is 0 Å². The van der Waals surface area contributed by atoms with E-state index in [2.05, 4.69) is 22.2 Å². The number of aromatic nitrogens is 2. The van der Waals surface area contributed by atoms with Gasteiger partial charge in [-0.3, -0.25) is 9.97 Å². The first-order valence-electron chi connectivity index (χ1n) is 6.03. The smallest absolute Gasteiger partial charge is 0.0753 e. The Morgan fingerprint density at radius 1 is 1.29 bits per heavy atom. The predicted octanol–water partition coefficient (Wildman–Crippen LogP) is 1.82. The maximum Gasteiger partial charge on any atom is 0.0753 e. The zero-order chi connectivity index (χ0) is 11.4. The van der Waals surface area contributed by atoms with Gasteiger partial charge in [-0.1, -0.05) is 0 Å². The molecule has 1 saturated carbocycles. The van der Waals surface area contributed by atoms with Gasteiger partial charge in [0.15, 0.2) is 0 Å². The third-order valence-corrected chi connectivity index (χ3v) is 3.28. The fraction of sp³-hybridized carbons (Fsp3) is 0.667. The van der Waals surface area contributed by atoms with E-state index in [0.717, 1.165) is 18.5 Å². The van der Waals surface area contributed by atoms with Crippen molar-refractivity contribution in [1.29, 1.82) is 0 Å². The Balaban J connectivity index is 0.00000144. The summed E-state index contributed by atoms with van der Waals surface area (Å²) in [7, 11) is 0. The van der Waals surface area contributed by atoms with Crippen molar-refractivity contribution >= 4 is 12.4 Å². The number of rotatable bonds is 3. The quantitative estimate of drug-likeness (QED) is 0.866. The molecule has 0 radical (unpaired) electrons. The maximum atomic E-state index is 5.89. The Morgan fingerprint density at radius 3 is 2.59 bits per heavy atom. The zero-order valence-electron chi connectivity index (χ0n) is 10.2. The Hall–Kier alpha value is -0.710. The first-order valence-corrected chi connectivity index (χ1v) is 6.03. The molecule has 4 nitrogen and oxygen atoms in total. The summed E-state index contributed by atoms with van der Waals surface area (Å²) in [6.45, 7) is 2.14. The summed E-state index contributed by atoms with van der Waals surface area (Å²) in [5.74, 6) is 0. The fourth-order valence-electron chi connectivity index (χ4n) is 2.26. The topological polar surface area (TPSA) is 63.8 Å². The molecule has 1 aromatic heterocycles. The van der Waals surface area contributed by atoms with Crippen LogP contribution in [-0.2, 0) is 0 Å². The summed E-state index contributed by atoms with van der Waals surface area (Å²) in [4.78, 5) is 8.40. The van der Waals surface area contributed by atoms with Crippen LogP contribution in [0.15, 0.2) is 18.6 Å². The highest BCUT2D eigenvalue weighted by atomic mass is 35.5. The lowest BCUT2D eigenvalue weighted by Crippen LogP contribution is -2.38. The van der Waals surface area contributed by atoms with Crippen molar-refractivity contribution in [2.45, 2.75) is 50.7 Å². The van der Waals surface area contributed by atoms with Gasteiger partial charge in [0, 0.05) is 36.7 Å². The highest BCUT2D eigenvalue weighted by Gasteiger charge is 2.20. The second-order valence-corrected chi connectivity index (χ2v) is 4.63. The van der Waals surface area contributed by atoms with Gasteiger partial charge in [0.1, 0.15) is 0 Å². The standard InChI is InChI=1S/C12H20N4.ClH/c1-9(12-8-14-6-7-15-12)16-11-4-2-10(13)3-5-11;/h6-11,16H,2-5,13H2,1H3;1H. The molecular weight excluding hydrogens is 236 g/mol. The number of nitrogens with two attached hydrogens (primary N) is 1. The van der Waals surface area contributed by atoms with Crippen molar-refractivity contribution in [2.24, 2.45) is 5.73 Å². The van der Waals surface area contributed by atoms with E-state index >= 15 is 0 Å². The molecule has 0 spiro atoms. The molecule has 1 aliphatic rings. The van der Waals surface area contributed by atoms with E-state index in [1.807, 2.05) is 6.20 Å². The Morgan fingerprint density at radius 2 is 2.00 bits per heavy atom. The van der Waals surface area contributed by atoms with Gasteiger partial charge >= 0.3 is 0 Å². The monoisotopic (exact) mass is 256 g/mol. The lowest BCUT2D eigenvalue weighted by molar-refractivity contribution is 0.320. The minimum atomic E-state index is 0. The molecule has 0 bridgehead atoms. The van der Waals surface area contributed by atoms with Gasteiger partial charge < -0.3 is 11.1 Å². The van der Waals surface area contributed by atoms with E-state index in [-0.39, 0.29) is 18.4 Å². The van der Waals surface area contributed by atoms with E-state index in [4.69, 9.17) is 5.73 Å². The molecule has 0 amide bonds. The van der Waals surface area contributed by atoms with Crippen LogP contribution in [0.1, 0.15) is 44.3 Å². The van der Waals surface area contributed by atoms with E-state index in [1.165, 1.54) is 12.8 Å². The Kier molecular flexibility index (Phi) is 5.82. The van der Waals surface area contributed by atoms with Crippen LogP contribution in [0.25, 0.3) is 0 Å². The van der Waals surface area contributed by atoms with Crippen LogP contribution >= 0.6 is 12.4 Å². The molecule has 96 valence electrons. The van der Waals surface area contributed by atoms with E-state index in [1.54, 1.807) is 12.4 Å². The molecule has 1 aromatic rings. The third kappa shape index (κ3) is 4.22. The Labute approximate surface area is 109 Å². The average molecular weight is 257 g/mol. The number of hydrogen-bond donors (Lipinski definition) is 2. The predicted molar refractivity (Wildman–Crippen MR) is 71.1 cm³/mol. The van der Waals surface area contributed by atoms with Crippen molar-refractivity contribution in [3.63, 3.8) is 0 Å². The highest BCUT2D eigenvalue weighted by molar-refractivity contribution is 5.85. The van der Waals surface area contributed by atoms with Crippen LogP contribution in [0.5, 0.6) is 0 Å². The van der Waals surface area contributed by atoms with Crippen molar-refractivity contribution in [1.82, 2.24) is 15.3 Å². The largest absolute Gasteiger partial charge is 0.328 e. The van der Waals surface area contributed by atoms with Gasteiger partial charge in [0.05, 0.1) is 5.69 Å². The van der Waals surface area contributed by atoms with Gasteiger partial charge in [-0.05, 0) is 32.6 Å². The van der Waals surface area contributed by atoms with Crippen molar-refractivity contribution in [3.8, 4) is 0 Å². The average Bonchev–Trinajstić information content (AvgIpc) is 2.33. The van der Waals surface area contributed by atoms with Gasteiger partial charge in [-0.15, -0.1) is 12.4 Å². The normalized spacial score (nSPS) is 26.0. The van der Waals surface area contributed by atoms with Crippen LogP contribution in [0.2, 0.25) is 0 Å². The first kappa shape index (κ1) is 14.4. The molecule has 0 aliphatic heterocycles. The van der Waals surface area contributed by atoms with Crippen molar-refractivity contribution < 1.29 is 0 Å². The number of nitrogens with one attached hydrogen (secondary N) is 1. The van der Waals surface area contributed by atoms with Crippen molar-refractivity contribution in [3.05, 3.63) is 24.3 Å². The van der Waals surface area contributed by atoms with Crippen LogP contribution in [-0.4, -0.2) is 22.1 Å². The summed E-state index contributed by atoms with van der Waals surface area (Å²) < 4.78 is 0. The lowest BCUT2D eigenvalue weighted by Gasteiger charge is -2.29. The molecule has 1 aliphatic carbocycles. The molecule has 1 fully saturated rings. The second-order valence-electron chi connectivity index (χ2n) is 4.63. The zero-order valence-corrected chi connectivity index (χ0v) is 11.0. The third-order valence-electron chi connectivity index (χ3n) is 3.28. The number of hydrogen-bond acceptors (Lipinski definition) is 4. The summed E-state index contributed by atoms with van der Waals surface area (Å²) in [6, 6.07) is 1.26. The molecule has 17 heavy (non-hydrogen) atoms. The minimum absolute atomic E-state index is 0. The second kappa shape index (κ2) is 6.89. The summed E-state index contributed by atoms with van der Waals surface area (Å²) in [5, 5.41) is 3.60. The number of nitrogens with zero attached hydrogens (tertiary/aromatic N) is 2. The summed E-state index contributed by atoms with van der Waals surface area (Å²) in [5.41, 5.74) is 6.90. The molecule has 0 aromatic carbocycles. The first-order chi connectivity index (χ1) is 7.75.